The summed E-state index contributed by atoms with van der Waals surface area (Å²) < 4.78 is 0. The van der Waals surface area contributed by atoms with Crippen LogP contribution in [0.3, 0.4) is 0 Å². The number of hydrogen-bond acceptors (Lipinski definition) is 2. The van der Waals surface area contributed by atoms with Gasteiger partial charge in [0.05, 0.1) is 6.61 Å². The molecule has 90 valence electrons. The van der Waals surface area contributed by atoms with Crippen molar-refractivity contribution in [2.75, 3.05) is 20.2 Å². The summed E-state index contributed by atoms with van der Waals surface area (Å²) in [6, 6.07) is 10.4. The monoisotopic (exact) mass is 229 g/mol. The molecule has 1 N–H and O–H groups in total. The Morgan fingerprint density at radius 1 is 1.29 bits per heavy atom. The van der Waals surface area contributed by atoms with Crippen LogP contribution in [0.5, 0.6) is 0 Å². The van der Waals surface area contributed by atoms with E-state index in [-0.39, 0.29) is 6.61 Å². The summed E-state index contributed by atoms with van der Waals surface area (Å²) in [7, 11) is 2.08. The Bertz CT molecular complexity index is 386. The molecule has 0 aliphatic carbocycles. The Kier molecular flexibility index (Phi) is 6.81. The van der Waals surface area contributed by atoms with Gasteiger partial charge in [-0.3, -0.25) is 4.90 Å². The van der Waals surface area contributed by atoms with Gasteiger partial charge in [0.25, 0.3) is 0 Å². The Labute approximate surface area is 104 Å². The van der Waals surface area contributed by atoms with Crippen molar-refractivity contribution < 1.29 is 5.11 Å². The van der Waals surface area contributed by atoms with Crippen LogP contribution in [-0.2, 0) is 6.54 Å². The molecule has 0 saturated carbocycles. The fourth-order valence-corrected chi connectivity index (χ4v) is 1.44. The van der Waals surface area contributed by atoms with E-state index in [1.165, 1.54) is 5.56 Å². The van der Waals surface area contributed by atoms with Crippen molar-refractivity contribution in [3.05, 3.63) is 48.0 Å². The molecule has 0 aliphatic heterocycles. The van der Waals surface area contributed by atoms with Crippen LogP contribution in [0.2, 0.25) is 0 Å². The van der Waals surface area contributed by atoms with Gasteiger partial charge in [-0.1, -0.05) is 48.2 Å². The van der Waals surface area contributed by atoms with Crippen molar-refractivity contribution in [3.8, 4) is 11.8 Å². The average molecular weight is 229 g/mol. The highest BCUT2D eigenvalue weighted by Gasteiger charge is 1.96. The number of aliphatic hydroxyl groups excluding tert-OH is 1. The van der Waals surface area contributed by atoms with Crippen LogP contribution in [-0.4, -0.2) is 30.2 Å². The Morgan fingerprint density at radius 2 is 2.06 bits per heavy atom. The van der Waals surface area contributed by atoms with E-state index in [0.29, 0.717) is 6.42 Å². The van der Waals surface area contributed by atoms with Gasteiger partial charge in [0.1, 0.15) is 0 Å². The highest BCUT2D eigenvalue weighted by molar-refractivity contribution is 5.16. The SMILES string of the molecule is CN(C/C=C/C#CCCO)Cc1ccccc1. The molecule has 0 fully saturated rings. The van der Waals surface area contributed by atoms with Gasteiger partial charge in [0.2, 0.25) is 0 Å². The quantitative estimate of drug-likeness (QED) is 0.781. The molecule has 0 heterocycles. The van der Waals surface area contributed by atoms with Gasteiger partial charge in [-0.25, -0.2) is 0 Å². The van der Waals surface area contributed by atoms with Gasteiger partial charge in [-0.15, -0.1) is 0 Å². The number of likely N-dealkylation sites (N-methyl/N-ethyl adjacent to an activating group) is 1. The lowest BCUT2D eigenvalue weighted by atomic mass is 10.2. The molecule has 2 heteroatoms. The third kappa shape index (κ3) is 6.57. The van der Waals surface area contributed by atoms with E-state index < -0.39 is 0 Å². The molecule has 0 atom stereocenters. The second kappa shape index (κ2) is 8.58. The van der Waals surface area contributed by atoms with Crippen molar-refractivity contribution in [1.29, 1.82) is 0 Å². The minimum atomic E-state index is 0.134. The second-order valence-electron chi connectivity index (χ2n) is 3.88. The molecule has 1 rings (SSSR count). The third-order valence-electron chi connectivity index (χ3n) is 2.25. The molecule has 0 spiro atoms. The Morgan fingerprint density at radius 3 is 2.76 bits per heavy atom. The third-order valence-corrected chi connectivity index (χ3v) is 2.25. The molecule has 0 bridgehead atoms. The average Bonchev–Trinajstić information content (AvgIpc) is 2.35. The second-order valence-corrected chi connectivity index (χ2v) is 3.88. The van der Waals surface area contributed by atoms with Crippen molar-refractivity contribution in [1.82, 2.24) is 4.90 Å². The fourth-order valence-electron chi connectivity index (χ4n) is 1.44. The molecule has 0 aromatic heterocycles. The molecule has 0 aliphatic rings. The normalized spacial score (nSPS) is 10.5. The summed E-state index contributed by atoms with van der Waals surface area (Å²) in [5.41, 5.74) is 1.31. The number of benzene rings is 1. The molecule has 2 nitrogen and oxygen atoms in total. The zero-order chi connectivity index (χ0) is 12.3. The first-order valence-electron chi connectivity index (χ1n) is 5.79. The predicted molar refractivity (Wildman–Crippen MR) is 71.4 cm³/mol. The largest absolute Gasteiger partial charge is 0.395 e. The predicted octanol–water partition coefficient (Wildman–Crippen LogP) is 2.06. The smallest absolute Gasteiger partial charge is 0.0540 e. The van der Waals surface area contributed by atoms with E-state index in [2.05, 4.69) is 48.1 Å². The molecule has 0 unspecified atom stereocenters. The van der Waals surface area contributed by atoms with Gasteiger partial charge in [-0.2, -0.15) is 0 Å². The van der Waals surface area contributed by atoms with E-state index in [0.717, 1.165) is 13.1 Å². The van der Waals surface area contributed by atoms with Crippen LogP contribution < -0.4 is 0 Å². The van der Waals surface area contributed by atoms with Crippen LogP contribution in [0.1, 0.15) is 12.0 Å². The minimum Gasteiger partial charge on any atom is -0.395 e. The summed E-state index contributed by atoms with van der Waals surface area (Å²) in [5.74, 6) is 5.74. The van der Waals surface area contributed by atoms with Crippen molar-refractivity contribution >= 4 is 0 Å². The van der Waals surface area contributed by atoms with Gasteiger partial charge >= 0.3 is 0 Å². The summed E-state index contributed by atoms with van der Waals surface area (Å²) in [4.78, 5) is 2.22. The van der Waals surface area contributed by atoms with Crippen molar-refractivity contribution in [2.24, 2.45) is 0 Å². The zero-order valence-corrected chi connectivity index (χ0v) is 10.3. The van der Waals surface area contributed by atoms with Crippen LogP contribution in [0, 0.1) is 11.8 Å². The van der Waals surface area contributed by atoms with Gasteiger partial charge in [0, 0.05) is 19.5 Å². The number of hydrogen-bond donors (Lipinski definition) is 1. The Hall–Kier alpha value is -1.56. The van der Waals surface area contributed by atoms with Crippen LogP contribution in [0.25, 0.3) is 0 Å². The molecule has 0 saturated heterocycles. The number of rotatable bonds is 5. The maximum atomic E-state index is 8.54. The van der Waals surface area contributed by atoms with E-state index in [9.17, 15) is 0 Å². The first-order chi connectivity index (χ1) is 8.33. The fraction of sp³-hybridized carbons (Fsp3) is 0.333. The first-order valence-corrected chi connectivity index (χ1v) is 5.79. The van der Waals surface area contributed by atoms with Crippen LogP contribution in [0.4, 0.5) is 0 Å². The number of nitrogens with zero attached hydrogens (tertiary/aromatic N) is 1. The van der Waals surface area contributed by atoms with E-state index >= 15 is 0 Å². The van der Waals surface area contributed by atoms with Crippen LogP contribution >= 0.6 is 0 Å². The summed E-state index contributed by atoms with van der Waals surface area (Å²) >= 11 is 0. The van der Waals surface area contributed by atoms with E-state index in [1.54, 1.807) is 0 Å². The lowest BCUT2D eigenvalue weighted by Crippen LogP contribution is -2.17. The molecular formula is C15H19NO. The maximum absolute atomic E-state index is 8.54. The molecule has 17 heavy (non-hydrogen) atoms. The van der Waals surface area contributed by atoms with Crippen LogP contribution in [0.15, 0.2) is 42.5 Å². The highest BCUT2D eigenvalue weighted by Crippen LogP contribution is 2.01. The summed E-state index contributed by atoms with van der Waals surface area (Å²) in [6.07, 6.45) is 4.43. The summed E-state index contributed by atoms with van der Waals surface area (Å²) in [6.45, 7) is 1.95. The standard InChI is InChI=1S/C15H19NO/c1-16(12-8-3-2-4-9-13-17)14-15-10-6-5-7-11-15/h3,5-8,10-11,17H,9,12-14H2,1H3/b8-3+. The van der Waals surface area contributed by atoms with E-state index in [4.69, 9.17) is 5.11 Å². The van der Waals surface area contributed by atoms with Gasteiger partial charge < -0.3 is 5.11 Å². The molecule has 1 aromatic rings. The Balaban J connectivity index is 2.26. The number of allylic oxidation sites excluding steroid dienone is 1. The van der Waals surface area contributed by atoms with Gasteiger partial charge in [-0.05, 0) is 18.7 Å². The molecule has 0 radical (unpaired) electrons. The lowest BCUT2D eigenvalue weighted by Gasteiger charge is -2.13. The van der Waals surface area contributed by atoms with E-state index in [1.807, 2.05) is 18.2 Å². The maximum Gasteiger partial charge on any atom is 0.0540 e. The molecule has 0 amide bonds. The summed E-state index contributed by atoms with van der Waals surface area (Å²) in [5, 5.41) is 8.54. The van der Waals surface area contributed by atoms with Crippen molar-refractivity contribution in [2.45, 2.75) is 13.0 Å². The topological polar surface area (TPSA) is 23.5 Å². The molecule has 1 aromatic carbocycles. The number of aliphatic hydroxyl groups is 1. The first kappa shape index (κ1) is 13.5. The highest BCUT2D eigenvalue weighted by atomic mass is 16.2. The zero-order valence-electron chi connectivity index (χ0n) is 10.3. The lowest BCUT2D eigenvalue weighted by molar-refractivity contribution is 0.305. The van der Waals surface area contributed by atoms with Gasteiger partial charge in [0.15, 0.2) is 0 Å². The van der Waals surface area contributed by atoms with Crippen molar-refractivity contribution in [3.63, 3.8) is 0 Å². The minimum absolute atomic E-state index is 0.134. The molecular weight excluding hydrogens is 210 g/mol.